The van der Waals surface area contributed by atoms with Crippen LogP contribution < -0.4 is 0 Å². The molecule has 2 aliphatic rings. The highest BCUT2D eigenvalue weighted by molar-refractivity contribution is 6.13. The molecule has 0 N–H and O–H groups in total. The van der Waals surface area contributed by atoms with Crippen LogP contribution in [-0.2, 0) is 10.8 Å². The summed E-state index contributed by atoms with van der Waals surface area (Å²) in [5.74, 6) is 0. The monoisotopic (exact) mass is 888 g/mol. The zero-order valence-electron chi connectivity index (χ0n) is 38.3. The Morgan fingerprint density at radius 2 is 0.557 bits per heavy atom. The predicted octanol–water partition coefficient (Wildman–Crippen LogP) is 16.6. The van der Waals surface area contributed by atoms with E-state index in [1.807, 2.05) is 0 Å². The standard InChI is InChI=1S/C68H44N2/c1-5-22-45(23-6-1)67(46-24-7-2-8-25-46)59-36-17-13-32-51(59)55-43-65-57(41-61(55)67)53-34-15-19-38-63(53)69(65)49-30-21-31-50(40-49)70-64-39-20-16-35-54(64)58-42-62-56(44-66(58)70)52-33-14-18-37-60(52)68(62,47-26-9-3-10-27-47)48-28-11-4-12-29-48/h1-44H. The van der Waals surface area contributed by atoms with E-state index in [9.17, 15) is 0 Å². The average Bonchev–Trinajstić information content (AvgIpc) is 4.13. The second kappa shape index (κ2) is 14.8. The first-order valence-electron chi connectivity index (χ1n) is 24.4. The fourth-order valence-corrected chi connectivity index (χ4v) is 13.1. The first-order chi connectivity index (χ1) is 34.7. The van der Waals surface area contributed by atoms with Crippen molar-refractivity contribution in [2.45, 2.75) is 10.8 Å². The average molecular weight is 889 g/mol. The van der Waals surface area contributed by atoms with Gasteiger partial charge in [0.05, 0.1) is 32.9 Å². The van der Waals surface area contributed by atoms with E-state index in [4.69, 9.17) is 0 Å². The molecule has 0 atom stereocenters. The Balaban J connectivity index is 0.979. The highest BCUT2D eigenvalue weighted by Crippen LogP contribution is 2.59. The lowest BCUT2D eigenvalue weighted by Gasteiger charge is -2.34. The van der Waals surface area contributed by atoms with E-state index in [2.05, 4.69) is 276 Å². The molecule has 70 heavy (non-hydrogen) atoms. The second-order valence-corrected chi connectivity index (χ2v) is 19.1. The summed E-state index contributed by atoms with van der Waals surface area (Å²) in [6.45, 7) is 0. The van der Waals surface area contributed by atoms with Crippen LogP contribution in [0.1, 0.15) is 44.5 Å². The number of benzene rings is 11. The number of hydrogen-bond donors (Lipinski definition) is 0. The Kier molecular flexibility index (Phi) is 8.24. The largest absolute Gasteiger partial charge is 0.309 e. The number of rotatable bonds is 6. The molecule has 326 valence electrons. The molecule has 13 aromatic rings. The van der Waals surface area contributed by atoms with Gasteiger partial charge in [-0.05, 0) is 121 Å². The van der Waals surface area contributed by atoms with Crippen molar-refractivity contribution in [3.8, 4) is 33.6 Å². The SMILES string of the molecule is c1ccc(C2(c3ccccc3)c3ccccc3-c3cc4c(cc32)c2ccccc2n4-c2cccc(-n3c4ccccc4c4cc5c(cc43)-c3ccccc3C5(c3ccccc3)c3ccccc3)c2)cc1. The van der Waals surface area contributed by atoms with Crippen molar-refractivity contribution in [2.24, 2.45) is 0 Å². The number of hydrogen-bond acceptors (Lipinski definition) is 0. The number of aromatic nitrogens is 2. The molecular weight excluding hydrogens is 845 g/mol. The maximum atomic E-state index is 2.52. The molecule has 0 saturated heterocycles. The van der Waals surface area contributed by atoms with Crippen molar-refractivity contribution < 1.29 is 0 Å². The lowest BCUT2D eigenvalue weighted by Crippen LogP contribution is -2.28. The fourth-order valence-electron chi connectivity index (χ4n) is 13.1. The summed E-state index contributed by atoms with van der Waals surface area (Å²) in [5.41, 5.74) is 21.5. The maximum Gasteiger partial charge on any atom is 0.0713 e. The van der Waals surface area contributed by atoms with Crippen LogP contribution in [0.4, 0.5) is 0 Å². The molecule has 11 aromatic carbocycles. The third kappa shape index (κ3) is 5.12. The minimum absolute atomic E-state index is 0.481. The van der Waals surface area contributed by atoms with Gasteiger partial charge in [-0.25, -0.2) is 0 Å². The Morgan fingerprint density at radius 3 is 0.957 bits per heavy atom. The van der Waals surface area contributed by atoms with Crippen molar-refractivity contribution in [1.82, 2.24) is 9.13 Å². The molecule has 15 rings (SSSR count). The molecule has 0 bridgehead atoms. The van der Waals surface area contributed by atoms with Crippen LogP contribution in [0, 0.1) is 0 Å². The van der Waals surface area contributed by atoms with Gasteiger partial charge in [0.25, 0.3) is 0 Å². The number of nitrogens with zero attached hydrogens (tertiary/aromatic N) is 2. The first kappa shape index (κ1) is 39.1. The van der Waals surface area contributed by atoms with Crippen LogP contribution in [0.5, 0.6) is 0 Å². The third-order valence-electron chi connectivity index (χ3n) is 15.8. The van der Waals surface area contributed by atoms with Crippen LogP contribution >= 0.6 is 0 Å². The van der Waals surface area contributed by atoms with Gasteiger partial charge in [-0.1, -0.05) is 212 Å². The quantitative estimate of drug-likeness (QED) is 0.157. The lowest BCUT2D eigenvalue weighted by atomic mass is 9.67. The minimum atomic E-state index is -0.481. The van der Waals surface area contributed by atoms with E-state index in [0.29, 0.717) is 0 Å². The van der Waals surface area contributed by atoms with Crippen LogP contribution in [-0.4, -0.2) is 9.13 Å². The summed E-state index contributed by atoms with van der Waals surface area (Å²) in [5, 5.41) is 4.97. The summed E-state index contributed by atoms with van der Waals surface area (Å²) in [6, 6.07) is 99.7. The predicted molar refractivity (Wildman–Crippen MR) is 290 cm³/mol. The maximum absolute atomic E-state index is 2.52. The third-order valence-corrected chi connectivity index (χ3v) is 15.8. The summed E-state index contributed by atoms with van der Waals surface area (Å²) >= 11 is 0. The van der Waals surface area contributed by atoms with Gasteiger partial charge in [-0.2, -0.15) is 0 Å². The van der Waals surface area contributed by atoms with Gasteiger partial charge < -0.3 is 9.13 Å². The molecule has 0 radical (unpaired) electrons. The van der Waals surface area contributed by atoms with Crippen LogP contribution in [0.25, 0.3) is 77.2 Å². The summed E-state index contributed by atoms with van der Waals surface area (Å²) in [4.78, 5) is 0. The van der Waals surface area contributed by atoms with Gasteiger partial charge in [0.2, 0.25) is 0 Å². The zero-order valence-corrected chi connectivity index (χ0v) is 38.3. The van der Waals surface area contributed by atoms with Crippen molar-refractivity contribution in [3.63, 3.8) is 0 Å². The van der Waals surface area contributed by atoms with Crippen molar-refractivity contribution in [2.75, 3.05) is 0 Å². The molecule has 0 spiro atoms. The van der Waals surface area contributed by atoms with E-state index in [1.54, 1.807) is 0 Å². The van der Waals surface area contributed by atoms with Gasteiger partial charge in [0, 0.05) is 32.9 Å². The molecule has 2 nitrogen and oxygen atoms in total. The molecule has 2 heteroatoms. The lowest BCUT2D eigenvalue weighted by molar-refractivity contribution is 0.769. The Labute approximate surface area is 406 Å². The molecule has 0 fully saturated rings. The first-order valence-corrected chi connectivity index (χ1v) is 24.4. The van der Waals surface area contributed by atoms with Crippen LogP contribution in [0.15, 0.2) is 267 Å². The molecule has 0 unspecified atom stereocenters. The molecule has 2 aromatic heterocycles. The van der Waals surface area contributed by atoms with Gasteiger partial charge in [0.15, 0.2) is 0 Å². The zero-order chi connectivity index (χ0) is 46.0. The molecule has 2 aliphatic carbocycles. The number of para-hydroxylation sites is 2. The summed E-state index contributed by atoms with van der Waals surface area (Å²) < 4.78 is 5.00. The van der Waals surface area contributed by atoms with E-state index < -0.39 is 10.8 Å². The van der Waals surface area contributed by atoms with Crippen molar-refractivity contribution in [1.29, 1.82) is 0 Å². The Hall–Kier alpha value is -8.98. The van der Waals surface area contributed by atoms with E-state index in [1.165, 1.54) is 110 Å². The van der Waals surface area contributed by atoms with Gasteiger partial charge >= 0.3 is 0 Å². The normalized spacial score (nSPS) is 13.9. The van der Waals surface area contributed by atoms with E-state index >= 15 is 0 Å². The molecule has 0 amide bonds. The van der Waals surface area contributed by atoms with Gasteiger partial charge in [-0.15, -0.1) is 0 Å². The van der Waals surface area contributed by atoms with Crippen molar-refractivity contribution in [3.05, 3.63) is 311 Å². The summed E-state index contributed by atoms with van der Waals surface area (Å²) in [6.07, 6.45) is 0. The highest BCUT2D eigenvalue weighted by atomic mass is 15.0. The van der Waals surface area contributed by atoms with Crippen molar-refractivity contribution >= 4 is 43.6 Å². The highest BCUT2D eigenvalue weighted by Gasteiger charge is 2.48. The van der Waals surface area contributed by atoms with E-state index in [-0.39, 0.29) is 0 Å². The Morgan fingerprint density at radius 1 is 0.214 bits per heavy atom. The molecule has 0 aliphatic heterocycles. The minimum Gasteiger partial charge on any atom is -0.309 e. The van der Waals surface area contributed by atoms with Gasteiger partial charge in [-0.3, -0.25) is 0 Å². The van der Waals surface area contributed by atoms with Crippen LogP contribution in [0.2, 0.25) is 0 Å². The number of fused-ring (bicyclic) bond motifs is 12. The smallest absolute Gasteiger partial charge is 0.0713 e. The fraction of sp³-hybridized carbons (Fsp3) is 0.0294. The molecule has 0 saturated carbocycles. The van der Waals surface area contributed by atoms with Gasteiger partial charge in [0.1, 0.15) is 0 Å². The van der Waals surface area contributed by atoms with E-state index in [0.717, 1.165) is 11.4 Å². The Bertz CT molecular complexity index is 3870. The topological polar surface area (TPSA) is 9.86 Å². The van der Waals surface area contributed by atoms with Crippen LogP contribution in [0.3, 0.4) is 0 Å². The second-order valence-electron chi connectivity index (χ2n) is 19.1. The molecule has 2 heterocycles. The molecular formula is C68H44N2. The summed E-state index contributed by atoms with van der Waals surface area (Å²) in [7, 11) is 0.